The molecule has 0 aliphatic carbocycles. The monoisotopic (exact) mass is 245 g/mol. The molecular weight excluding hydrogens is 222 g/mol. The Balaban J connectivity index is 3.77. The number of carboxylic acid groups (broad SMARTS) is 1. The van der Waals surface area contributed by atoms with Gasteiger partial charge in [-0.05, 0) is 18.8 Å². The van der Waals surface area contributed by atoms with Crippen molar-refractivity contribution in [1.29, 1.82) is 0 Å². The molecule has 5 heteroatoms. The maximum Gasteiger partial charge on any atom is 0.407 e. The molecule has 17 heavy (non-hydrogen) atoms. The average molecular weight is 245 g/mol. The molecule has 0 heterocycles. The number of alkyl carbamates (subject to hydrolysis) is 1. The molecule has 5 nitrogen and oxygen atoms in total. The predicted octanol–water partition coefficient (Wildman–Crippen LogP) is 2.40. The van der Waals surface area contributed by atoms with E-state index in [-0.39, 0.29) is 0 Å². The first kappa shape index (κ1) is 15.7. The fraction of sp³-hybridized carbons (Fsp3) is 0.833. The zero-order valence-corrected chi connectivity index (χ0v) is 10.7. The van der Waals surface area contributed by atoms with Gasteiger partial charge in [-0.3, -0.25) is 4.79 Å². The highest BCUT2D eigenvalue weighted by Crippen LogP contribution is 2.15. The van der Waals surface area contributed by atoms with Crippen molar-refractivity contribution in [3.8, 4) is 0 Å². The molecule has 0 rings (SSSR count). The second kappa shape index (κ2) is 9.93. The number of ether oxygens (including phenoxy) is 1. The molecule has 1 atom stereocenters. The van der Waals surface area contributed by atoms with Crippen LogP contribution in [0, 0.1) is 5.92 Å². The number of hydrogen-bond acceptors (Lipinski definition) is 3. The van der Waals surface area contributed by atoms with Gasteiger partial charge in [0.2, 0.25) is 0 Å². The van der Waals surface area contributed by atoms with E-state index in [4.69, 9.17) is 9.84 Å². The van der Waals surface area contributed by atoms with Gasteiger partial charge in [-0.1, -0.05) is 33.1 Å². The van der Waals surface area contributed by atoms with Gasteiger partial charge in [-0.25, -0.2) is 4.79 Å². The van der Waals surface area contributed by atoms with E-state index in [1.54, 1.807) is 0 Å². The van der Waals surface area contributed by atoms with Crippen molar-refractivity contribution in [3.05, 3.63) is 0 Å². The molecule has 0 fully saturated rings. The quantitative estimate of drug-likeness (QED) is 0.654. The Morgan fingerprint density at radius 1 is 1.24 bits per heavy atom. The molecule has 100 valence electrons. The fourth-order valence-corrected chi connectivity index (χ4v) is 1.60. The summed E-state index contributed by atoms with van der Waals surface area (Å²) in [4.78, 5) is 21.3. The van der Waals surface area contributed by atoms with Crippen molar-refractivity contribution < 1.29 is 19.4 Å². The molecule has 1 unspecified atom stereocenters. The number of aliphatic carboxylic acids is 1. The molecule has 2 N–H and O–H groups in total. The molecule has 0 aliphatic heterocycles. The molecule has 0 saturated carbocycles. The van der Waals surface area contributed by atoms with E-state index < -0.39 is 18.6 Å². The number of hydrogen-bond donors (Lipinski definition) is 2. The highest BCUT2D eigenvalue weighted by atomic mass is 16.5. The third-order valence-electron chi connectivity index (χ3n) is 2.50. The van der Waals surface area contributed by atoms with Gasteiger partial charge in [0, 0.05) is 0 Å². The van der Waals surface area contributed by atoms with Gasteiger partial charge in [-0.15, -0.1) is 0 Å². The van der Waals surface area contributed by atoms with Crippen LogP contribution in [0.1, 0.15) is 46.0 Å². The minimum Gasteiger partial charge on any atom is -0.480 e. The first-order valence-corrected chi connectivity index (χ1v) is 6.22. The number of unbranched alkanes of at least 4 members (excludes halogenated alkanes) is 1. The number of nitrogens with one attached hydrogen (secondary N) is 1. The van der Waals surface area contributed by atoms with Gasteiger partial charge in [-0.2, -0.15) is 0 Å². The minimum absolute atomic E-state index is 0.374. The molecule has 0 saturated heterocycles. The van der Waals surface area contributed by atoms with E-state index in [9.17, 15) is 9.59 Å². The van der Waals surface area contributed by atoms with Crippen LogP contribution >= 0.6 is 0 Å². The molecular formula is C12H23NO4. The summed E-state index contributed by atoms with van der Waals surface area (Å²) in [7, 11) is 0. The number of carbonyl (C=O) groups excluding carboxylic acids is 1. The normalized spacial score (nSPS) is 11.9. The second-order valence-electron chi connectivity index (χ2n) is 4.14. The Kier molecular flexibility index (Phi) is 9.19. The molecule has 0 spiro atoms. The summed E-state index contributed by atoms with van der Waals surface area (Å²) >= 11 is 0. The summed E-state index contributed by atoms with van der Waals surface area (Å²) in [5, 5.41) is 10.5. The highest BCUT2D eigenvalue weighted by molar-refractivity contribution is 5.76. The molecule has 1 amide bonds. The third kappa shape index (κ3) is 9.66. The zero-order valence-electron chi connectivity index (χ0n) is 10.7. The topological polar surface area (TPSA) is 75.6 Å². The smallest absolute Gasteiger partial charge is 0.407 e. The number of carboxylic acids is 1. The maximum atomic E-state index is 11.1. The van der Waals surface area contributed by atoms with E-state index in [1.807, 2.05) is 0 Å². The van der Waals surface area contributed by atoms with Crippen LogP contribution in [-0.2, 0) is 9.53 Å². The number of carbonyl (C=O) groups is 2. The lowest BCUT2D eigenvalue weighted by Crippen LogP contribution is -2.31. The van der Waals surface area contributed by atoms with Crippen molar-refractivity contribution in [3.63, 3.8) is 0 Å². The summed E-state index contributed by atoms with van der Waals surface area (Å²) in [5.41, 5.74) is 0. The summed E-state index contributed by atoms with van der Waals surface area (Å²) in [6.45, 7) is 4.21. The molecule has 0 aliphatic rings. The predicted molar refractivity (Wildman–Crippen MR) is 64.9 cm³/mol. The van der Waals surface area contributed by atoms with Crippen LogP contribution in [0.5, 0.6) is 0 Å². The zero-order chi connectivity index (χ0) is 13.1. The Morgan fingerprint density at radius 2 is 1.94 bits per heavy atom. The lowest BCUT2D eigenvalue weighted by atomic mass is 9.98. The molecule has 0 aromatic carbocycles. The first-order chi connectivity index (χ1) is 8.10. The van der Waals surface area contributed by atoms with Crippen molar-refractivity contribution in [2.24, 2.45) is 5.92 Å². The van der Waals surface area contributed by atoms with E-state index in [1.165, 1.54) is 0 Å². The first-order valence-electron chi connectivity index (χ1n) is 6.22. The van der Waals surface area contributed by atoms with Crippen LogP contribution in [0.25, 0.3) is 0 Å². The van der Waals surface area contributed by atoms with Crippen LogP contribution in [0.2, 0.25) is 0 Å². The van der Waals surface area contributed by atoms with Crippen LogP contribution in [0.4, 0.5) is 4.79 Å². The van der Waals surface area contributed by atoms with Crippen molar-refractivity contribution in [2.75, 3.05) is 13.2 Å². The van der Waals surface area contributed by atoms with Gasteiger partial charge in [0.25, 0.3) is 0 Å². The van der Waals surface area contributed by atoms with Gasteiger partial charge in [0.05, 0.1) is 6.61 Å². The van der Waals surface area contributed by atoms with E-state index >= 15 is 0 Å². The summed E-state index contributed by atoms with van der Waals surface area (Å²) in [6, 6.07) is 0. The lowest BCUT2D eigenvalue weighted by Gasteiger charge is -2.15. The maximum absolute atomic E-state index is 11.1. The van der Waals surface area contributed by atoms with E-state index in [0.29, 0.717) is 12.5 Å². The van der Waals surface area contributed by atoms with Gasteiger partial charge in [0.1, 0.15) is 6.54 Å². The SMILES string of the molecule is CCCCC(CCC)COC(=O)NCC(=O)O. The van der Waals surface area contributed by atoms with E-state index in [0.717, 1.165) is 32.1 Å². The molecule has 0 radical (unpaired) electrons. The number of amides is 1. The average Bonchev–Trinajstić information content (AvgIpc) is 2.30. The minimum atomic E-state index is -1.07. The van der Waals surface area contributed by atoms with Gasteiger partial charge < -0.3 is 15.2 Å². The fourth-order valence-electron chi connectivity index (χ4n) is 1.60. The van der Waals surface area contributed by atoms with Crippen LogP contribution < -0.4 is 5.32 Å². The standard InChI is InChI=1S/C12H23NO4/c1-3-5-7-10(6-4-2)9-17-12(16)13-8-11(14)15/h10H,3-9H2,1-2H3,(H,13,16)(H,14,15). The van der Waals surface area contributed by atoms with Crippen LogP contribution in [0.15, 0.2) is 0 Å². The van der Waals surface area contributed by atoms with Crippen LogP contribution in [-0.4, -0.2) is 30.3 Å². The van der Waals surface area contributed by atoms with Crippen molar-refractivity contribution >= 4 is 12.1 Å². The second-order valence-corrected chi connectivity index (χ2v) is 4.14. The van der Waals surface area contributed by atoms with Crippen molar-refractivity contribution in [1.82, 2.24) is 5.32 Å². The Morgan fingerprint density at radius 3 is 2.47 bits per heavy atom. The Hall–Kier alpha value is -1.26. The van der Waals surface area contributed by atoms with E-state index in [2.05, 4.69) is 19.2 Å². The lowest BCUT2D eigenvalue weighted by molar-refractivity contribution is -0.135. The summed E-state index contributed by atoms with van der Waals surface area (Å²) < 4.78 is 4.99. The number of rotatable bonds is 9. The van der Waals surface area contributed by atoms with Gasteiger partial charge in [0.15, 0.2) is 0 Å². The highest BCUT2D eigenvalue weighted by Gasteiger charge is 2.11. The largest absolute Gasteiger partial charge is 0.480 e. The third-order valence-corrected chi connectivity index (χ3v) is 2.50. The molecule has 0 bridgehead atoms. The Labute approximate surface area is 103 Å². The molecule has 0 aromatic heterocycles. The van der Waals surface area contributed by atoms with Crippen molar-refractivity contribution in [2.45, 2.75) is 46.0 Å². The van der Waals surface area contributed by atoms with Gasteiger partial charge >= 0.3 is 12.1 Å². The molecule has 0 aromatic rings. The Bertz CT molecular complexity index is 231. The summed E-state index contributed by atoms with van der Waals surface area (Å²) in [6.07, 6.45) is 4.76. The van der Waals surface area contributed by atoms with Crippen LogP contribution in [0.3, 0.4) is 0 Å². The summed E-state index contributed by atoms with van der Waals surface area (Å²) in [5.74, 6) is -0.687.